The number of hydrogen-bond acceptors (Lipinski definition) is 2. The highest BCUT2D eigenvalue weighted by Gasteiger charge is 2.24. The third kappa shape index (κ3) is 2.03. The van der Waals surface area contributed by atoms with E-state index in [0.29, 0.717) is 5.92 Å². The van der Waals surface area contributed by atoms with E-state index in [4.69, 9.17) is 4.98 Å². The van der Waals surface area contributed by atoms with E-state index in [-0.39, 0.29) is 0 Å². The molecule has 2 heteroatoms. The van der Waals surface area contributed by atoms with Gasteiger partial charge in [-0.2, -0.15) is 0 Å². The molecule has 1 aromatic carbocycles. The Morgan fingerprint density at radius 1 is 1.05 bits per heavy atom. The fraction of sp³-hybridized carbons (Fsp3) is 0.500. The van der Waals surface area contributed by atoms with Crippen molar-refractivity contribution in [3.63, 3.8) is 0 Å². The maximum Gasteiger partial charge on any atom is 0.0708 e. The topological polar surface area (TPSA) is 24.9 Å². The van der Waals surface area contributed by atoms with Crippen LogP contribution in [0, 0.1) is 0 Å². The standard InChI is InChI=1S/C18H22N2/c1-3-9-16-14(7-1)18(13-6-5-11-19-12-13)15-8-2-4-10-17(15)20-16/h1,3,7,9,13,19H,2,4-6,8,10-12H2. The quantitative estimate of drug-likeness (QED) is 0.853. The summed E-state index contributed by atoms with van der Waals surface area (Å²) in [5, 5.41) is 4.99. The lowest BCUT2D eigenvalue weighted by Crippen LogP contribution is -2.29. The minimum absolute atomic E-state index is 0.684. The van der Waals surface area contributed by atoms with Crippen molar-refractivity contribution in [1.82, 2.24) is 10.3 Å². The summed E-state index contributed by atoms with van der Waals surface area (Å²) < 4.78 is 0. The molecule has 20 heavy (non-hydrogen) atoms. The fourth-order valence-electron chi connectivity index (χ4n) is 3.97. The van der Waals surface area contributed by atoms with E-state index in [2.05, 4.69) is 29.6 Å². The lowest BCUT2D eigenvalue weighted by atomic mass is 9.81. The van der Waals surface area contributed by atoms with Gasteiger partial charge in [0, 0.05) is 17.6 Å². The number of rotatable bonds is 1. The number of aromatic nitrogens is 1. The van der Waals surface area contributed by atoms with Gasteiger partial charge < -0.3 is 5.32 Å². The molecule has 1 atom stereocenters. The highest BCUT2D eigenvalue weighted by molar-refractivity contribution is 5.84. The Balaban J connectivity index is 1.94. The number of benzene rings is 1. The van der Waals surface area contributed by atoms with Crippen LogP contribution in [-0.2, 0) is 12.8 Å². The van der Waals surface area contributed by atoms with Crippen LogP contribution in [0.25, 0.3) is 10.9 Å². The molecule has 104 valence electrons. The highest BCUT2D eigenvalue weighted by atomic mass is 14.9. The molecule has 0 amide bonds. The van der Waals surface area contributed by atoms with Gasteiger partial charge in [0.1, 0.15) is 0 Å². The van der Waals surface area contributed by atoms with Crippen molar-refractivity contribution in [2.75, 3.05) is 13.1 Å². The predicted octanol–water partition coefficient (Wildman–Crippen LogP) is 3.58. The van der Waals surface area contributed by atoms with Crippen LogP contribution in [0.5, 0.6) is 0 Å². The van der Waals surface area contributed by atoms with Gasteiger partial charge in [0.25, 0.3) is 0 Å². The van der Waals surface area contributed by atoms with Gasteiger partial charge in [0.15, 0.2) is 0 Å². The number of aryl methyl sites for hydroxylation is 1. The fourth-order valence-corrected chi connectivity index (χ4v) is 3.97. The van der Waals surface area contributed by atoms with Crippen LogP contribution in [-0.4, -0.2) is 18.1 Å². The van der Waals surface area contributed by atoms with Crippen molar-refractivity contribution in [2.24, 2.45) is 0 Å². The SMILES string of the molecule is c1ccc2c(C3CCCNC3)c3c(nc2c1)CCCC3. The molecule has 1 saturated heterocycles. The van der Waals surface area contributed by atoms with Crippen LogP contribution < -0.4 is 5.32 Å². The normalized spacial score (nSPS) is 22.7. The van der Waals surface area contributed by atoms with Crippen molar-refractivity contribution in [3.05, 3.63) is 41.1 Å². The summed E-state index contributed by atoms with van der Waals surface area (Å²) in [4.78, 5) is 4.95. The summed E-state index contributed by atoms with van der Waals surface area (Å²) in [6.45, 7) is 2.32. The Bertz CT molecular complexity index is 627. The molecule has 1 aromatic heterocycles. The van der Waals surface area contributed by atoms with E-state index in [0.717, 1.165) is 6.54 Å². The molecular weight excluding hydrogens is 244 g/mol. The van der Waals surface area contributed by atoms with Gasteiger partial charge in [-0.05, 0) is 68.2 Å². The first kappa shape index (κ1) is 12.3. The maximum absolute atomic E-state index is 4.95. The Kier molecular flexibility index (Phi) is 3.19. The van der Waals surface area contributed by atoms with Gasteiger partial charge in [0.05, 0.1) is 5.52 Å². The zero-order valence-corrected chi connectivity index (χ0v) is 12.0. The van der Waals surface area contributed by atoms with Gasteiger partial charge in [-0.15, -0.1) is 0 Å². The molecule has 0 spiro atoms. The molecule has 2 aromatic rings. The van der Waals surface area contributed by atoms with Crippen LogP contribution in [0.2, 0.25) is 0 Å². The van der Waals surface area contributed by atoms with Crippen LogP contribution >= 0.6 is 0 Å². The number of fused-ring (bicyclic) bond motifs is 2. The Labute approximate surface area is 120 Å². The summed E-state index contributed by atoms with van der Waals surface area (Å²) in [5.74, 6) is 0.684. The zero-order valence-electron chi connectivity index (χ0n) is 12.0. The number of piperidine rings is 1. The molecule has 4 rings (SSSR count). The van der Waals surface area contributed by atoms with Gasteiger partial charge in [-0.25, -0.2) is 0 Å². The minimum atomic E-state index is 0.684. The zero-order chi connectivity index (χ0) is 13.4. The summed E-state index contributed by atoms with van der Waals surface area (Å²) in [5.41, 5.74) is 5.80. The average Bonchev–Trinajstić information content (AvgIpc) is 2.53. The number of para-hydroxylation sites is 1. The largest absolute Gasteiger partial charge is 0.316 e. The second-order valence-corrected chi connectivity index (χ2v) is 6.22. The molecule has 1 unspecified atom stereocenters. The number of nitrogens with zero attached hydrogens (tertiary/aromatic N) is 1. The van der Waals surface area contributed by atoms with Crippen molar-refractivity contribution in [1.29, 1.82) is 0 Å². The van der Waals surface area contributed by atoms with Crippen molar-refractivity contribution in [3.8, 4) is 0 Å². The summed E-state index contributed by atoms with van der Waals surface area (Å²) in [7, 11) is 0. The molecule has 1 N–H and O–H groups in total. The van der Waals surface area contributed by atoms with Crippen molar-refractivity contribution < 1.29 is 0 Å². The average molecular weight is 266 g/mol. The smallest absolute Gasteiger partial charge is 0.0708 e. The van der Waals surface area contributed by atoms with E-state index in [1.165, 1.54) is 61.7 Å². The number of hydrogen-bond donors (Lipinski definition) is 1. The van der Waals surface area contributed by atoms with Gasteiger partial charge in [0.2, 0.25) is 0 Å². The monoisotopic (exact) mass is 266 g/mol. The maximum atomic E-state index is 4.95. The lowest BCUT2D eigenvalue weighted by molar-refractivity contribution is 0.459. The molecule has 0 bridgehead atoms. The van der Waals surface area contributed by atoms with Gasteiger partial charge in [-0.1, -0.05) is 18.2 Å². The van der Waals surface area contributed by atoms with Gasteiger partial charge in [-0.3, -0.25) is 4.98 Å². The first-order valence-electron chi connectivity index (χ1n) is 8.04. The van der Waals surface area contributed by atoms with Crippen LogP contribution in [0.4, 0.5) is 0 Å². The lowest BCUT2D eigenvalue weighted by Gasteiger charge is -2.29. The second-order valence-electron chi connectivity index (χ2n) is 6.22. The predicted molar refractivity (Wildman–Crippen MR) is 83.2 cm³/mol. The van der Waals surface area contributed by atoms with E-state index < -0.39 is 0 Å². The van der Waals surface area contributed by atoms with E-state index in [1.54, 1.807) is 11.1 Å². The van der Waals surface area contributed by atoms with E-state index >= 15 is 0 Å². The molecule has 2 nitrogen and oxygen atoms in total. The summed E-state index contributed by atoms with van der Waals surface area (Å²) >= 11 is 0. The molecule has 0 saturated carbocycles. The summed E-state index contributed by atoms with van der Waals surface area (Å²) in [6.07, 6.45) is 7.68. The van der Waals surface area contributed by atoms with Crippen LogP contribution in [0.3, 0.4) is 0 Å². The molecule has 1 aliphatic heterocycles. The summed E-state index contributed by atoms with van der Waals surface area (Å²) in [6, 6.07) is 8.75. The van der Waals surface area contributed by atoms with E-state index in [1.807, 2.05) is 0 Å². The third-order valence-electron chi connectivity index (χ3n) is 4.92. The molecule has 1 fully saturated rings. The number of nitrogens with one attached hydrogen (secondary N) is 1. The molecular formula is C18H22N2. The van der Waals surface area contributed by atoms with Crippen LogP contribution in [0.1, 0.15) is 48.4 Å². The second kappa shape index (κ2) is 5.17. The van der Waals surface area contributed by atoms with Gasteiger partial charge >= 0.3 is 0 Å². The molecule has 0 radical (unpaired) electrons. The Morgan fingerprint density at radius 2 is 1.95 bits per heavy atom. The first-order chi connectivity index (χ1) is 9.93. The molecule has 2 heterocycles. The van der Waals surface area contributed by atoms with E-state index in [9.17, 15) is 0 Å². The first-order valence-corrected chi connectivity index (χ1v) is 8.04. The van der Waals surface area contributed by atoms with Crippen molar-refractivity contribution >= 4 is 10.9 Å². The number of pyridine rings is 1. The third-order valence-corrected chi connectivity index (χ3v) is 4.92. The highest BCUT2D eigenvalue weighted by Crippen LogP contribution is 2.36. The molecule has 1 aliphatic carbocycles. The minimum Gasteiger partial charge on any atom is -0.316 e. The Hall–Kier alpha value is -1.41. The molecule has 2 aliphatic rings. The Morgan fingerprint density at radius 3 is 2.85 bits per heavy atom. The van der Waals surface area contributed by atoms with Crippen LogP contribution in [0.15, 0.2) is 24.3 Å². The van der Waals surface area contributed by atoms with Crippen molar-refractivity contribution in [2.45, 2.75) is 44.4 Å².